The summed E-state index contributed by atoms with van der Waals surface area (Å²) >= 11 is 0. The van der Waals surface area contributed by atoms with E-state index in [2.05, 4.69) is 19.3 Å². The molecule has 1 aliphatic rings. The van der Waals surface area contributed by atoms with E-state index in [-0.39, 0.29) is 12.6 Å². The molecule has 1 aromatic rings. The highest BCUT2D eigenvalue weighted by atomic mass is 19.4. The molecule has 1 fully saturated rings. The van der Waals surface area contributed by atoms with Crippen LogP contribution in [0.1, 0.15) is 16.8 Å². The van der Waals surface area contributed by atoms with Gasteiger partial charge in [0.15, 0.2) is 0 Å². The lowest BCUT2D eigenvalue weighted by molar-refractivity contribution is -0.174. The van der Waals surface area contributed by atoms with E-state index in [1.165, 1.54) is 7.11 Å². The highest BCUT2D eigenvalue weighted by Gasteiger charge is 2.27. The van der Waals surface area contributed by atoms with Crippen molar-refractivity contribution in [3.63, 3.8) is 0 Å². The summed E-state index contributed by atoms with van der Waals surface area (Å²) in [7, 11) is 1.34. The van der Waals surface area contributed by atoms with Gasteiger partial charge in [0.1, 0.15) is 19.0 Å². The monoisotopic (exact) mass is 404 g/mol. The Morgan fingerprint density at radius 2 is 1.61 bits per heavy atom. The number of esters is 1. The van der Waals surface area contributed by atoms with Crippen LogP contribution in [0, 0.1) is 0 Å². The van der Waals surface area contributed by atoms with Crippen LogP contribution < -0.4 is 4.74 Å². The zero-order valence-electron chi connectivity index (χ0n) is 16.0. The number of halogens is 3. The molecule has 0 unspecified atom stereocenters. The third-order valence-electron chi connectivity index (χ3n) is 4.45. The maximum Gasteiger partial charge on any atom is 0.411 e. The zero-order valence-corrected chi connectivity index (χ0v) is 16.0. The van der Waals surface area contributed by atoms with Crippen LogP contribution in [0.4, 0.5) is 13.2 Å². The van der Waals surface area contributed by atoms with Gasteiger partial charge >= 0.3 is 12.1 Å². The number of ether oxygens (including phenoxy) is 3. The van der Waals surface area contributed by atoms with Gasteiger partial charge in [-0.15, -0.1) is 0 Å². The first-order chi connectivity index (χ1) is 13.4. The lowest BCUT2D eigenvalue weighted by Gasteiger charge is -2.34. The summed E-state index contributed by atoms with van der Waals surface area (Å²) in [5.74, 6) is 0.321. The summed E-state index contributed by atoms with van der Waals surface area (Å²) in [6, 6.07) is 6.81. The molecule has 0 amide bonds. The van der Waals surface area contributed by atoms with E-state index < -0.39 is 12.8 Å². The molecule has 0 saturated carbocycles. The number of benzene rings is 1. The molecule has 1 heterocycles. The van der Waals surface area contributed by atoms with Gasteiger partial charge in [0.05, 0.1) is 12.7 Å². The van der Waals surface area contributed by atoms with Crippen molar-refractivity contribution in [1.29, 1.82) is 0 Å². The standard InChI is InChI=1S/C19H27F3N2O4/c1-26-18(25)16-3-5-17(6-4-16)28-14-12-24-10-8-23(9-11-24)7-2-13-27-15-19(20,21)22/h3-6H,2,7-15H2,1H3. The highest BCUT2D eigenvalue weighted by Crippen LogP contribution is 2.15. The minimum absolute atomic E-state index is 0.127. The fourth-order valence-corrected chi connectivity index (χ4v) is 2.91. The third-order valence-corrected chi connectivity index (χ3v) is 4.45. The first-order valence-electron chi connectivity index (χ1n) is 9.28. The minimum atomic E-state index is -4.25. The predicted molar refractivity (Wildman–Crippen MR) is 97.6 cm³/mol. The zero-order chi connectivity index (χ0) is 20.4. The molecule has 158 valence electrons. The first-order valence-corrected chi connectivity index (χ1v) is 9.28. The Hall–Kier alpha value is -1.84. The normalized spacial score (nSPS) is 16.1. The Balaban J connectivity index is 1.54. The van der Waals surface area contributed by atoms with Crippen molar-refractivity contribution in [2.24, 2.45) is 0 Å². The summed E-state index contributed by atoms with van der Waals surface area (Å²) in [5, 5.41) is 0. The molecule has 1 saturated heterocycles. The van der Waals surface area contributed by atoms with Crippen molar-refractivity contribution in [2.45, 2.75) is 12.6 Å². The second-order valence-corrected chi connectivity index (χ2v) is 6.57. The van der Waals surface area contributed by atoms with Gasteiger partial charge in [0.25, 0.3) is 0 Å². The first kappa shape index (κ1) is 22.4. The van der Waals surface area contributed by atoms with E-state index >= 15 is 0 Å². The van der Waals surface area contributed by atoms with Gasteiger partial charge in [-0.1, -0.05) is 0 Å². The van der Waals surface area contributed by atoms with Crippen LogP contribution in [0.5, 0.6) is 5.75 Å². The molecule has 6 nitrogen and oxygen atoms in total. The van der Waals surface area contributed by atoms with Gasteiger partial charge in [0.2, 0.25) is 0 Å². The number of hydrogen-bond donors (Lipinski definition) is 0. The van der Waals surface area contributed by atoms with Crippen LogP contribution in [0.15, 0.2) is 24.3 Å². The molecule has 0 aliphatic carbocycles. The van der Waals surface area contributed by atoms with Gasteiger partial charge in [-0.05, 0) is 30.7 Å². The average molecular weight is 404 g/mol. The quantitative estimate of drug-likeness (QED) is 0.441. The smallest absolute Gasteiger partial charge is 0.411 e. The van der Waals surface area contributed by atoms with Gasteiger partial charge < -0.3 is 19.1 Å². The number of alkyl halides is 3. The number of carbonyl (C=O) groups is 1. The summed E-state index contributed by atoms with van der Waals surface area (Å²) in [6.07, 6.45) is -3.65. The van der Waals surface area contributed by atoms with Gasteiger partial charge in [-0.2, -0.15) is 13.2 Å². The molecule has 2 rings (SSSR count). The maximum atomic E-state index is 12.0. The fourth-order valence-electron chi connectivity index (χ4n) is 2.91. The summed E-state index contributed by atoms with van der Waals surface area (Å²) in [5.41, 5.74) is 0.481. The van der Waals surface area contributed by atoms with Crippen molar-refractivity contribution in [1.82, 2.24) is 9.80 Å². The lowest BCUT2D eigenvalue weighted by Crippen LogP contribution is -2.47. The number of hydrogen-bond acceptors (Lipinski definition) is 6. The minimum Gasteiger partial charge on any atom is -0.492 e. The summed E-state index contributed by atoms with van der Waals surface area (Å²) < 4.78 is 50.9. The third kappa shape index (κ3) is 8.45. The number of methoxy groups -OCH3 is 1. The van der Waals surface area contributed by atoms with Crippen LogP contribution >= 0.6 is 0 Å². The highest BCUT2D eigenvalue weighted by molar-refractivity contribution is 5.89. The molecular formula is C19H27F3N2O4. The van der Waals surface area contributed by atoms with Crippen LogP contribution in [0.2, 0.25) is 0 Å². The number of rotatable bonds is 10. The largest absolute Gasteiger partial charge is 0.492 e. The maximum absolute atomic E-state index is 12.0. The number of nitrogens with zero attached hydrogens (tertiary/aromatic N) is 2. The Morgan fingerprint density at radius 1 is 1.00 bits per heavy atom. The molecule has 0 spiro atoms. The van der Waals surface area contributed by atoms with Crippen molar-refractivity contribution in [2.75, 3.05) is 66.2 Å². The number of carbonyl (C=O) groups excluding carboxylic acids is 1. The molecule has 9 heteroatoms. The molecule has 0 atom stereocenters. The van der Waals surface area contributed by atoms with Gasteiger partial charge in [0, 0.05) is 45.9 Å². The summed E-state index contributed by atoms with van der Waals surface area (Å²) in [4.78, 5) is 15.9. The molecule has 1 aromatic carbocycles. The SMILES string of the molecule is COC(=O)c1ccc(OCCN2CCN(CCCOCC(F)(F)F)CC2)cc1. The predicted octanol–water partition coefficient (Wildman–Crippen LogP) is 2.44. The second kappa shape index (κ2) is 11.2. The second-order valence-electron chi connectivity index (χ2n) is 6.57. The lowest BCUT2D eigenvalue weighted by atomic mass is 10.2. The van der Waals surface area contributed by atoms with Crippen molar-refractivity contribution in [3.05, 3.63) is 29.8 Å². The number of piperazine rings is 1. The molecule has 0 N–H and O–H groups in total. The van der Waals surface area contributed by atoms with E-state index in [9.17, 15) is 18.0 Å². The Labute approximate surface area is 163 Å². The fraction of sp³-hybridized carbons (Fsp3) is 0.632. The van der Waals surface area contributed by atoms with Crippen LogP contribution in [-0.4, -0.2) is 88.1 Å². The van der Waals surface area contributed by atoms with Crippen LogP contribution in [0.25, 0.3) is 0 Å². The Morgan fingerprint density at radius 3 is 2.18 bits per heavy atom. The molecule has 0 radical (unpaired) electrons. The van der Waals surface area contributed by atoms with Crippen molar-refractivity contribution < 1.29 is 32.2 Å². The van der Waals surface area contributed by atoms with Gasteiger partial charge in [-0.25, -0.2) is 4.79 Å². The van der Waals surface area contributed by atoms with E-state index in [0.29, 0.717) is 24.3 Å². The molecule has 0 aromatic heterocycles. The van der Waals surface area contributed by atoms with Gasteiger partial charge in [-0.3, -0.25) is 4.90 Å². The van der Waals surface area contributed by atoms with E-state index in [1.807, 2.05) is 0 Å². The van der Waals surface area contributed by atoms with E-state index in [4.69, 9.17) is 4.74 Å². The topological polar surface area (TPSA) is 51.2 Å². The van der Waals surface area contributed by atoms with Crippen molar-refractivity contribution in [3.8, 4) is 5.75 Å². The van der Waals surface area contributed by atoms with E-state index in [1.54, 1.807) is 24.3 Å². The summed E-state index contributed by atoms with van der Waals surface area (Å²) in [6.45, 7) is 4.59. The van der Waals surface area contributed by atoms with E-state index in [0.717, 1.165) is 39.3 Å². The van der Waals surface area contributed by atoms with Crippen molar-refractivity contribution >= 4 is 5.97 Å². The Bertz CT molecular complexity index is 588. The molecular weight excluding hydrogens is 377 g/mol. The molecule has 0 bridgehead atoms. The Kier molecular flexibility index (Phi) is 9.01. The van der Waals surface area contributed by atoms with Crippen LogP contribution in [-0.2, 0) is 9.47 Å². The molecule has 1 aliphatic heterocycles. The van der Waals surface area contributed by atoms with Crippen LogP contribution in [0.3, 0.4) is 0 Å². The molecule has 28 heavy (non-hydrogen) atoms. The average Bonchev–Trinajstić information content (AvgIpc) is 2.68.